The Bertz CT molecular complexity index is 396. The number of ether oxygens (including phenoxy) is 1. The van der Waals surface area contributed by atoms with Crippen LogP contribution in [0, 0.1) is 0 Å². The van der Waals surface area contributed by atoms with Gasteiger partial charge < -0.3 is 15.4 Å². The lowest BCUT2D eigenvalue weighted by atomic mass is 9.86. The minimum Gasteiger partial charge on any atom is -0.495 e. The summed E-state index contributed by atoms with van der Waals surface area (Å²) in [6.07, 6.45) is 2.17. The zero-order chi connectivity index (χ0) is 14.5. The highest BCUT2D eigenvalue weighted by atomic mass is 16.5. The van der Waals surface area contributed by atoms with Gasteiger partial charge in [-0.2, -0.15) is 0 Å². The summed E-state index contributed by atoms with van der Waals surface area (Å²) in [4.78, 5) is 2.25. The summed E-state index contributed by atoms with van der Waals surface area (Å²) >= 11 is 0. The molecule has 0 unspecified atom stereocenters. The van der Waals surface area contributed by atoms with Gasteiger partial charge in [0.1, 0.15) is 5.75 Å². The molecular weight excluding hydrogens is 236 g/mol. The molecule has 0 aliphatic carbocycles. The molecule has 1 aromatic rings. The molecule has 3 heteroatoms. The average Bonchev–Trinajstić information content (AvgIpc) is 2.37. The van der Waals surface area contributed by atoms with Gasteiger partial charge in [0, 0.05) is 13.6 Å². The van der Waals surface area contributed by atoms with E-state index in [1.807, 2.05) is 0 Å². The number of rotatable bonds is 6. The van der Waals surface area contributed by atoms with Gasteiger partial charge in [-0.3, -0.25) is 0 Å². The van der Waals surface area contributed by atoms with Crippen LogP contribution in [0.15, 0.2) is 18.2 Å². The van der Waals surface area contributed by atoms with E-state index >= 15 is 0 Å². The van der Waals surface area contributed by atoms with Crippen LogP contribution in [0.5, 0.6) is 5.75 Å². The molecule has 19 heavy (non-hydrogen) atoms. The summed E-state index contributed by atoms with van der Waals surface area (Å²) in [5.74, 6) is 0.934. The number of hydrogen-bond donors (Lipinski definition) is 1. The van der Waals surface area contributed by atoms with Gasteiger partial charge >= 0.3 is 0 Å². The standard InChI is InChI=1S/C16H28N2O/c1-16(2,3)13-8-9-15(19-5)14(12-13)18(4)11-7-6-10-17/h8-9,12H,6-7,10-11,17H2,1-5H3. The Morgan fingerprint density at radius 1 is 1.21 bits per heavy atom. The number of nitrogens with zero attached hydrogens (tertiary/aromatic N) is 1. The largest absolute Gasteiger partial charge is 0.495 e. The Balaban J connectivity index is 2.95. The van der Waals surface area contributed by atoms with Crippen molar-refractivity contribution < 1.29 is 4.74 Å². The van der Waals surface area contributed by atoms with E-state index in [2.05, 4.69) is 50.9 Å². The molecular formula is C16H28N2O. The van der Waals surface area contributed by atoms with E-state index in [-0.39, 0.29) is 5.41 Å². The lowest BCUT2D eigenvalue weighted by molar-refractivity contribution is 0.414. The molecule has 0 radical (unpaired) electrons. The predicted molar refractivity (Wildman–Crippen MR) is 83.3 cm³/mol. The zero-order valence-electron chi connectivity index (χ0n) is 13.0. The Hall–Kier alpha value is -1.22. The van der Waals surface area contributed by atoms with E-state index in [4.69, 9.17) is 10.5 Å². The number of anilines is 1. The second-order valence-electron chi connectivity index (χ2n) is 6.05. The topological polar surface area (TPSA) is 38.5 Å². The molecule has 0 spiro atoms. The van der Waals surface area contributed by atoms with Gasteiger partial charge in [0.25, 0.3) is 0 Å². The van der Waals surface area contributed by atoms with Crippen molar-refractivity contribution in [3.8, 4) is 5.75 Å². The zero-order valence-corrected chi connectivity index (χ0v) is 13.0. The summed E-state index contributed by atoms with van der Waals surface area (Å²) < 4.78 is 5.47. The van der Waals surface area contributed by atoms with Gasteiger partial charge in [0.2, 0.25) is 0 Å². The maximum atomic E-state index is 5.55. The van der Waals surface area contributed by atoms with E-state index in [1.165, 1.54) is 5.56 Å². The maximum Gasteiger partial charge on any atom is 0.142 e. The molecule has 0 bridgehead atoms. The normalized spacial score (nSPS) is 11.5. The molecule has 0 fully saturated rings. The first kappa shape index (κ1) is 15.8. The quantitative estimate of drug-likeness (QED) is 0.802. The van der Waals surface area contributed by atoms with Crippen molar-refractivity contribution in [1.82, 2.24) is 0 Å². The second kappa shape index (κ2) is 6.80. The van der Waals surface area contributed by atoms with Crippen LogP contribution in [0.3, 0.4) is 0 Å². The van der Waals surface area contributed by atoms with Crippen molar-refractivity contribution in [3.05, 3.63) is 23.8 Å². The molecule has 1 rings (SSSR count). The van der Waals surface area contributed by atoms with Crippen molar-refractivity contribution in [3.63, 3.8) is 0 Å². The molecule has 2 N–H and O–H groups in total. The first-order chi connectivity index (χ1) is 8.90. The molecule has 3 nitrogen and oxygen atoms in total. The van der Waals surface area contributed by atoms with Crippen LogP contribution < -0.4 is 15.4 Å². The van der Waals surface area contributed by atoms with Crippen LogP contribution in [0.1, 0.15) is 39.2 Å². The van der Waals surface area contributed by atoms with Crippen molar-refractivity contribution in [1.29, 1.82) is 0 Å². The van der Waals surface area contributed by atoms with Crippen LogP contribution in [0.2, 0.25) is 0 Å². The Labute approximate surface area is 117 Å². The van der Waals surface area contributed by atoms with Gasteiger partial charge in [-0.15, -0.1) is 0 Å². The van der Waals surface area contributed by atoms with Crippen LogP contribution in [-0.2, 0) is 5.41 Å². The monoisotopic (exact) mass is 264 g/mol. The number of nitrogens with two attached hydrogens (primary N) is 1. The molecule has 108 valence electrons. The first-order valence-electron chi connectivity index (χ1n) is 7.00. The molecule has 0 aliphatic heterocycles. The predicted octanol–water partition coefficient (Wildman–Crippen LogP) is 3.17. The molecule has 0 aliphatic rings. The smallest absolute Gasteiger partial charge is 0.142 e. The fourth-order valence-corrected chi connectivity index (χ4v) is 2.07. The SMILES string of the molecule is COc1ccc(C(C)(C)C)cc1N(C)CCCCN. The summed E-state index contributed by atoms with van der Waals surface area (Å²) in [5.41, 5.74) is 8.19. The molecule has 1 aromatic carbocycles. The van der Waals surface area contributed by atoms with Gasteiger partial charge in [-0.25, -0.2) is 0 Å². The van der Waals surface area contributed by atoms with Crippen LogP contribution >= 0.6 is 0 Å². The van der Waals surface area contributed by atoms with Crippen molar-refractivity contribution in [2.75, 3.05) is 32.1 Å². The van der Waals surface area contributed by atoms with Gasteiger partial charge in [-0.05, 0) is 42.5 Å². The molecule has 0 atom stereocenters. The molecule has 0 heterocycles. The average molecular weight is 264 g/mol. The minimum atomic E-state index is 0.152. The first-order valence-corrected chi connectivity index (χ1v) is 7.00. The summed E-state index contributed by atoms with van der Waals surface area (Å²) in [7, 11) is 3.84. The molecule has 0 aromatic heterocycles. The minimum absolute atomic E-state index is 0.152. The number of benzene rings is 1. The molecule has 0 saturated heterocycles. The highest BCUT2D eigenvalue weighted by Crippen LogP contribution is 2.33. The lowest BCUT2D eigenvalue weighted by Crippen LogP contribution is -2.21. The summed E-state index contributed by atoms with van der Waals surface area (Å²) in [6.45, 7) is 8.45. The van der Waals surface area contributed by atoms with Gasteiger partial charge in [-0.1, -0.05) is 26.8 Å². The third-order valence-corrected chi connectivity index (χ3v) is 3.40. The van der Waals surface area contributed by atoms with E-state index in [0.29, 0.717) is 0 Å². The van der Waals surface area contributed by atoms with Crippen molar-refractivity contribution in [2.45, 2.75) is 39.0 Å². The second-order valence-corrected chi connectivity index (χ2v) is 6.05. The van der Waals surface area contributed by atoms with Gasteiger partial charge in [0.05, 0.1) is 12.8 Å². The van der Waals surface area contributed by atoms with Gasteiger partial charge in [0.15, 0.2) is 0 Å². The fourth-order valence-electron chi connectivity index (χ4n) is 2.07. The number of hydrogen-bond acceptors (Lipinski definition) is 3. The van der Waals surface area contributed by atoms with E-state index in [9.17, 15) is 0 Å². The van der Waals surface area contributed by atoms with Crippen molar-refractivity contribution >= 4 is 5.69 Å². The fraction of sp³-hybridized carbons (Fsp3) is 0.625. The molecule has 0 amide bonds. The van der Waals surface area contributed by atoms with Crippen LogP contribution in [0.25, 0.3) is 0 Å². The van der Waals surface area contributed by atoms with Crippen LogP contribution in [-0.4, -0.2) is 27.2 Å². The Kier molecular flexibility index (Phi) is 5.67. The van der Waals surface area contributed by atoms with Crippen LogP contribution in [0.4, 0.5) is 5.69 Å². The van der Waals surface area contributed by atoms with E-state index in [0.717, 1.165) is 37.4 Å². The van der Waals surface area contributed by atoms with E-state index in [1.54, 1.807) is 7.11 Å². The van der Waals surface area contributed by atoms with Crippen molar-refractivity contribution in [2.24, 2.45) is 5.73 Å². The third kappa shape index (κ3) is 4.43. The highest BCUT2D eigenvalue weighted by molar-refractivity contribution is 5.60. The molecule has 0 saturated carbocycles. The lowest BCUT2D eigenvalue weighted by Gasteiger charge is -2.26. The number of unbranched alkanes of at least 4 members (excludes halogenated alkanes) is 1. The highest BCUT2D eigenvalue weighted by Gasteiger charge is 2.17. The Morgan fingerprint density at radius 3 is 2.42 bits per heavy atom. The van der Waals surface area contributed by atoms with E-state index < -0.39 is 0 Å². The third-order valence-electron chi connectivity index (χ3n) is 3.40. The number of methoxy groups -OCH3 is 1. The summed E-state index contributed by atoms with van der Waals surface area (Å²) in [6, 6.07) is 6.45. The Morgan fingerprint density at radius 2 is 1.89 bits per heavy atom. The summed E-state index contributed by atoms with van der Waals surface area (Å²) in [5, 5.41) is 0. The maximum absolute atomic E-state index is 5.55.